The van der Waals surface area contributed by atoms with Gasteiger partial charge in [0.05, 0.1) is 0 Å². The van der Waals surface area contributed by atoms with Gasteiger partial charge >= 0.3 is 0 Å². The first-order valence-corrected chi connectivity index (χ1v) is 6.67. The predicted molar refractivity (Wildman–Crippen MR) is 75.6 cm³/mol. The van der Waals surface area contributed by atoms with Gasteiger partial charge in [0.25, 0.3) is 0 Å². The minimum Gasteiger partial charge on any atom is -0.369 e. The Morgan fingerprint density at radius 1 is 1.22 bits per heavy atom. The molecule has 4 heteroatoms. The zero-order valence-corrected chi connectivity index (χ0v) is 11.7. The lowest BCUT2D eigenvalue weighted by atomic mass is 10.0. The molecule has 98 valence electrons. The maximum atomic E-state index is 10.9. The number of rotatable bonds is 3. The van der Waals surface area contributed by atoms with Gasteiger partial charge in [-0.2, -0.15) is 0 Å². The van der Waals surface area contributed by atoms with Crippen molar-refractivity contribution in [3.63, 3.8) is 0 Å². The summed E-state index contributed by atoms with van der Waals surface area (Å²) >= 11 is 6.15. The van der Waals surface area contributed by atoms with Crippen molar-refractivity contribution in [1.82, 2.24) is 4.90 Å². The molecule has 2 rings (SSSR count). The van der Waals surface area contributed by atoms with Crippen LogP contribution in [0.3, 0.4) is 0 Å². The van der Waals surface area contributed by atoms with Crippen LogP contribution in [-0.2, 0) is 4.79 Å². The number of piperazine rings is 1. The fraction of sp³-hybridized carbons (Fsp3) is 0.500. The number of nitrogens with zero attached hydrogens (tertiary/aromatic N) is 2. The van der Waals surface area contributed by atoms with Gasteiger partial charge in [-0.1, -0.05) is 18.5 Å². The predicted octanol–water partition coefficient (Wildman–Crippen LogP) is 2.39. The number of anilines is 1. The highest BCUT2D eigenvalue weighted by Gasteiger charge is 2.16. The van der Waals surface area contributed by atoms with E-state index in [0.29, 0.717) is 5.02 Å². The molecule has 1 aromatic carbocycles. The number of hydrogen-bond acceptors (Lipinski definition) is 3. The van der Waals surface area contributed by atoms with Crippen LogP contribution >= 0.6 is 11.6 Å². The van der Waals surface area contributed by atoms with Gasteiger partial charge < -0.3 is 14.6 Å². The fourth-order valence-electron chi connectivity index (χ4n) is 2.18. The highest BCUT2D eigenvalue weighted by molar-refractivity contribution is 6.31. The van der Waals surface area contributed by atoms with Crippen molar-refractivity contribution in [2.24, 2.45) is 0 Å². The SMILES string of the molecule is CC(C=O)c1cc(Cl)cc(N2CCN(C)CC2)c1. The van der Waals surface area contributed by atoms with Crippen molar-refractivity contribution < 1.29 is 4.79 Å². The first kappa shape index (κ1) is 13.4. The lowest BCUT2D eigenvalue weighted by Crippen LogP contribution is -2.44. The Kier molecular flexibility index (Phi) is 4.25. The van der Waals surface area contributed by atoms with E-state index in [4.69, 9.17) is 11.6 Å². The molecule has 0 amide bonds. The molecular weight excluding hydrogens is 248 g/mol. The number of halogens is 1. The van der Waals surface area contributed by atoms with E-state index in [1.807, 2.05) is 19.1 Å². The summed E-state index contributed by atoms with van der Waals surface area (Å²) in [6, 6.07) is 5.93. The van der Waals surface area contributed by atoms with E-state index in [2.05, 4.69) is 22.9 Å². The Morgan fingerprint density at radius 2 is 1.89 bits per heavy atom. The highest BCUT2D eigenvalue weighted by atomic mass is 35.5. The summed E-state index contributed by atoms with van der Waals surface area (Å²) in [4.78, 5) is 15.5. The fourth-order valence-corrected chi connectivity index (χ4v) is 2.42. The van der Waals surface area contributed by atoms with Crippen LogP contribution in [0.1, 0.15) is 18.4 Å². The van der Waals surface area contributed by atoms with E-state index in [-0.39, 0.29) is 5.92 Å². The second-order valence-corrected chi connectivity index (χ2v) is 5.39. The van der Waals surface area contributed by atoms with Crippen LogP contribution in [0.15, 0.2) is 18.2 Å². The van der Waals surface area contributed by atoms with E-state index in [9.17, 15) is 4.79 Å². The molecule has 1 fully saturated rings. The van der Waals surface area contributed by atoms with Crippen molar-refractivity contribution in [3.05, 3.63) is 28.8 Å². The standard InChI is InChI=1S/C14H19ClN2O/c1-11(10-18)12-7-13(15)9-14(8-12)17-5-3-16(2)4-6-17/h7-11H,3-6H2,1-2H3. The Labute approximate surface area is 113 Å². The van der Waals surface area contributed by atoms with E-state index in [1.54, 1.807) is 0 Å². The number of likely N-dealkylation sites (N-methyl/N-ethyl adjacent to an activating group) is 1. The van der Waals surface area contributed by atoms with Crippen LogP contribution in [0.25, 0.3) is 0 Å². The molecule has 0 bridgehead atoms. The first-order valence-electron chi connectivity index (χ1n) is 6.29. The average Bonchev–Trinajstić information content (AvgIpc) is 2.38. The third kappa shape index (κ3) is 3.03. The molecule has 1 atom stereocenters. The first-order chi connectivity index (χ1) is 8.60. The molecule has 0 spiro atoms. The topological polar surface area (TPSA) is 23.6 Å². The molecule has 1 unspecified atom stereocenters. The third-order valence-corrected chi connectivity index (χ3v) is 3.72. The van der Waals surface area contributed by atoms with E-state index in [0.717, 1.165) is 43.7 Å². The van der Waals surface area contributed by atoms with Crippen molar-refractivity contribution in [3.8, 4) is 0 Å². The molecule has 3 nitrogen and oxygen atoms in total. The van der Waals surface area contributed by atoms with Gasteiger partial charge in [0.1, 0.15) is 6.29 Å². The maximum absolute atomic E-state index is 10.9. The molecule has 1 aliphatic rings. The molecule has 1 saturated heterocycles. The van der Waals surface area contributed by atoms with Gasteiger partial charge in [-0.05, 0) is 30.8 Å². The third-order valence-electron chi connectivity index (χ3n) is 3.50. The lowest BCUT2D eigenvalue weighted by molar-refractivity contribution is -0.108. The Hall–Kier alpha value is -1.06. The molecule has 0 aromatic heterocycles. The summed E-state index contributed by atoms with van der Waals surface area (Å²) in [7, 11) is 2.13. The normalized spacial score (nSPS) is 18.7. The Bertz CT molecular complexity index is 428. The van der Waals surface area contributed by atoms with Crippen LogP contribution in [0.4, 0.5) is 5.69 Å². The van der Waals surface area contributed by atoms with Crippen LogP contribution < -0.4 is 4.90 Å². The van der Waals surface area contributed by atoms with Crippen LogP contribution in [-0.4, -0.2) is 44.4 Å². The summed E-state index contributed by atoms with van der Waals surface area (Å²) < 4.78 is 0. The van der Waals surface area contributed by atoms with Gasteiger partial charge in [0.2, 0.25) is 0 Å². The van der Waals surface area contributed by atoms with Gasteiger partial charge in [0, 0.05) is 42.8 Å². The quantitative estimate of drug-likeness (QED) is 0.785. The second-order valence-electron chi connectivity index (χ2n) is 4.96. The largest absolute Gasteiger partial charge is 0.369 e. The number of hydrogen-bond donors (Lipinski definition) is 0. The zero-order valence-electron chi connectivity index (χ0n) is 10.9. The summed E-state index contributed by atoms with van der Waals surface area (Å²) in [5, 5.41) is 0.704. The molecule has 1 heterocycles. The average molecular weight is 267 g/mol. The van der Waals surface area contributed by atoms with Crippen molar-refractivity contribution in [2.75, 3.05) is 38.1 Å². The molecule has 0 N–H and O–H groups in total. The molecule has 0 aliphatic carbocycles. The van der Waals surface area contributed by atoms with E-state index in [1.165, 1.54) is 0 Å². The minimum absolute atomic E-state index is 0.102. The van der Waals surface area contributed by atoms with Crippen molar-refractivity contribution >= 4 is 23.6 Å². The van der Waals surface area contributed by atoms with Crippen molar-refractivity contribution in [2.45, 2.75) is 12.8 Å². The number of carbonyl (C=O) groups is 1. The molecule has 18 heavy (non-hydrogen) atoms. The molecule has 1 aromatic rings. The molecule has 0 radical (unpaired) electrons. The summed E-state index contributed by atoms with van der Waals surface area (Å²) in [6.07, 6.45) is 0.958. The summed E-state index contributed by atoms with van der Waals surface area (Å²) in [5.41, 5.74) is 2.12. The van der Waals surface area contributed by atoms with Gasteiger partial charge in [0.15, 0.2) is 0 Å². The lowest BCUT2D eigenvalue weighted by Gasteiger charge is -2.34. The molecular formula is C14H19ClN2O. The highest BCUT2D eigenvalue weighted by Crippen LogP contribution is 2.26. The minimum atomic E-state index is -0.102. The summed E-state index contributed by atoms with van der Waals surface area (Å²) in [5.74, 6) is -0.102. The van der Waals surface area contributed by atoms with Crippen molar-refractivity contribution in [1.29, 1.82) is 0 Å². The van der Waals surface area contributed by atoms with Gasteiger partial charge in [-0.25, -0.2) is 0 Å². The van der Waals surface area contributed by atoms with Gasteiger partial charge in [-0.3, -0.25) is 0 Å². The zero-order chi connectivity index (χ0) is 13.1. The second kappa shape index (κ2) is 5.72. The number of aldehydes is 1. The Balaban J connectivity index is 2.22. The Morgan fingerprint density at radius 3 is 2.50 bits per heavy atom. The monoisotopic (exact) mass is 266 g/mol. The van der Waals surface area contributed by atoms with E-state index < -0.39 is 0 Å². The number of benzene rings is 1. The van der Waals surface area contributed by atoms with Gasteiger partial charge in [-0.15, -0.1) is 0 Å². The van der Waals surface area contributed by atoms with E-state index >= 15 is 0 Å². The molecule has 0 saturated carbocycles. The number of carbonyl (C=O) groups excluding carboxylic acids is 1. The van der Waals surface area contributed by atoms with Crippen LogP contribution in [0.2, 0.25) is 5.02 Å². The van der Waals surface area contributed by atoms with Crippen LogP contribution in [0.5, 0.6) is 0 Å². The summed E-state index contributed by atoms with van der Waals surface area (Å²) in [6.45, 7) is 6.03. The van der Waals surface area contributed by atoms with Crippen LogP contribution in [0, 0.1) is 0 Å². The maximum Gasteiger partial charge on any atom is 0.127 e. The smallest absolute Gasteiger partial charge is 0.127 e. The molecule has 1 aliphatic heterocycles.